The summed E-state index contributed by atoms with van der Waals surface area (Å²) in [5.74, 6) is -0.178. The first-order valence-corrected chi connectivity index (χ1v) is 8.27. The highest BCUT2D eigenvalue weighted by Crippen LogP contribution is 2.37. The number of alkyl halides is 4. The van der Waals surface area contributed by atoms with E-state index in [0.717, 1.165) is 0 Å². The molecule has 23 heavy (non-hydrogen) atoms. The van der Waals surface area contributed by atoms with E-state index in [9.17, 15) is 17.6 Å². The lowest BCUT2D eigenvalue weighted by molar-refractivity contribution is -0.138. The molecule has 1 aliphatic rings. The van der Waals surface area contributed by atoms with Gasteiger partial charge in [-0.15, -0.1) is 0 Å². The number of rotatable bonds is 5. The van der Waals surface area contributed by atoms with E-state index >= 15 is 0 Å². The van der Waals surface area contributed by atoms with Crippen molar-refractivity contribution in [3.05, 3.63) is 29.1 Å². The second-order valence-corrected chi connectivity index (χ2v) is 6.24. The van der Waals surface area contributed by atoms with Crippen LogP contribution in [-0.2, 0) is 12.7 Å². The number of likely N-dealkylation sites (tertiary alicyclic amines) is 1. The first kappa shape index (κ1) is 18.2. The summed E-state index contributed by atoms with van der Waals surface area (Å²) in [4.78, 5) is 6.14. The summed E-state index contributed by atoms with van der Waals surface area (Å²) >= 11 is 0. The highest BCUT2D eigenvalue weighted by atomic mass is 19.4. The number of halogens is 4. The molecule has 0 bridgehead atoms. The fourth-order valence-corrected chi connectivity index (χ4v) is 3.15. The number of aromatic nitrogens is 1. The van der Waals surface area contributed by atoms with Crippen LogP contribution in [0.4, 0.5) is 17.6 Å². The van der Waals surface area contributed by atoms with Crippen LogP contribution in [0.25, 0.3) is 0 Å². The van der Waals surface area contributed by atoms with Crippen LogP contribution in [0.15, 0.2) is 12.3 Å². The van der Waals surface area contributed by atoms with Crippen molar-refractivity contribution in [1.82, 2.24) is 9.88 Å². The number of hydrogen-bond acceptors (Lipinski definition) is 2. The molecule has 0 saturated carbocycles. The molecule has 0 spiro atoms. The van der Waals surface area contributed by atoms with Crippen LogP contribution in [0, 0.1) is 0 Å². The van der Waals surface area contributed by atoms with Crippen LogP contribution in [0.2, 0.25) is 0 Å². The number of piperidine rings is 1. The molecule has 1 aliphatic heterocycles. The van der Waals surface area contributed by atoms with Gasteiger partial charge >= 0.3 is 6.18 Å². The summed E-state index contributed by atoms with van der Waals surface area (Å²) in [5, 5.41) is 0. The van der Waals surface area contributed by atoms with Gasteiger partial charge < -0.3 is 0 Å². The largest absolute Gasteiger partial charge is 0.418 e. The van der Waals surface area contributed by atoms with Crippen LogP contribution in [0.5, 0.6) is 0 Å². The topological polar surface area (TPSA) is 16.1 Å². The van der Waals surface area contributed by atoms with Crippen LogP contribution >= 0.6 is 0 Å². The SMILES string of the molecule is CCC(CC)c1ncc(CN2CCC(F)CC2)cc1C(F)(F)F. The van der Waals surface area contributed by atoms with Gasteiger partial charge in [-0.05, 0) is 37.3 Å². The predicted octanol–water partition coefficient (Wildman–Crippen LogP) is 4.94. The molecule has 1 fully saturated rings. The van der Waals surface area contributed by atoms with E-state index in [2.05, 4.69) is 4.98 Å². The highest BCUT2D eigenvalue weighted by molar-refractivity contribution is 5.30. The average Bonchev–Trinajstić information content (AvgIpc) is 2.51. The van der Waals surface area contributed by atoms with Crippen molar-refractivity contribution in [3.8, 4) is 0 Å². The maximum Gasteiger partial charge on any atom is 0.418 e. The van der Waals surface area contributed by atoms with Gasteiger partial charge in [-0.2, -0.15) is 13.2 Å². The van der Waals surface area contributed by atoms with E-state index in [1.165, 1.54) is 6.07 Å². The van der Waals surface area contributed by atoms with Crippen LogP contribution in [0.3, 0.4) is 0 Å². The molecule has 0 aliphatic carbocycles. The molecule has 0 atom stereocenters. The Balaban J connectivity index is 2.22. The van der Waals surface area contributed by atoms with Crippen LogP contribution in [-0.4, -0.2) is 29.1 Å². The Bertz CT molecular complexity index is 504. The number of pyridine rings is 1. The zero-order valence-electron chi connectivity index (χ0n) is 13.7. The Morgan fingerprint density at radius 2 is 1.83 bits per heavy atom. The molecule has 0 unspecified atom stereocenters. The zero-order valence-corrected chi connectivity index (χ0v) is 13.7. The van der Waals surface area contributed by atoms with Crippen molar-refractivity contribution in [2.75, 3.05) is 13.1 Å². The van der Waals surface area contributed by atoms with Gasteiger partial charge in [0.25, 0.3) is 0 Å². The van der Waals surface area contributed by atoms with Crippen LogP contribution < -0.4 is 0 Å². The minimum absolute atomic E-state index is 0.147. The van der Waals surface area contributed by atoms with E-state index in [1.807, 2.05) is 18.7 Å². The lowest BCUT2D eigenvalue weighted by Gasteiger charge is -2.29. The summed E-state index contributed by atoms with van der Waals surface area (Å²) in [6, 6.07) is 1.22. The summed E-state index contributed by atoms with van der Waals surface area (Å²) in [6.07, 6.45) is -1.47. The third-order valence-corrected chi connectivity index (χ3v) is 4.58. The van der Waals surface area contributed by atoms with Crippen molar-refractivity contribution in [3.63, 3.8) is 0 Å². The number of nitrogens with zero attached hydrogens (tertiary/aromatic N) is 2. The summed E-state index contributed by atoms with van der Waals surface area (Å²) in [6.45, 7) is 5.32. The summed E-state index contributed by atoms with van der Waals surface area (Å²) < 4.78 is 53.3. The predicted molar refractivity (Wildman–Crippen MR) is 82.0 cm³/mol. The van der Waals surface area contributed by atoms with Gasteiger partial charge in [0, 0.05) is 31.7 Å². The average molecular weight is 332 g/mol. The van der Waals surface area contributed by atoms with Crippen molar-refractivity contribution >= 4 is 0 Å². The smallest absolute Gasteiger partial charge is 0.299 e. The molecule has 1 aromatic rings. The van der Waals surface area contributed by atoms with Crippen LogP contribution in [0.1, 0.15) is 62.3 Å². The Hall–Kier alpha value is -1.17. The lowest BCUT2D eigenvalue weighted by Crippen LogP contribution is -2.34. The standard InChI is InChI=1S/C17H24F4N2/c1-3-13(4-2)16-15(17(19,20)21)9-12(10-22-16)11-23-7-5-14(18)6-8-23/h9-10,13-14H,3-8,11H2,1-2H3. The second kappa shape index (κ2) is 7.60. The van der Waals surface area contributed by atoms with E-state index in [4.69, 9.17) is 0 Å². The second-order valence-electron chi connectivity index (χ2n) is 6.24. The molecule has 1 saturated heterocycles. The first-order valence-electron chi connectivity index (χ1n) is 8.27. The molecule has 2 nitrogen and oxygen atoms in total. The van der Waals surface area contributed by atoms with E-state index in [1.54, 1.807) is 6.20 Å². The lowest BCUT2D eigenvalue weighted by atomic mass is 9.94. The Labute approximate surface area is 134 Å². The third kappa shape index (κ3) is 4.66. The maximum atomic E-state index is 13.4. The van der Waals surface area contributed by atoms with Crippen molar-refractivity contribution in [1.29, 1.82) is 0 Å². The van der Waals surface area contributed by atoms with Gasteiger partial charge in [-0.25, -0.2) is 4.39 Å². The van der Waals surface area contributed by atoms with Gasteiger partial charge in [0.05, 0.1) is 11.3 Å². The fourth-order valence-electron chi connectivity index (χ4n) is 3.15. The van der Waals surface area contributed by atoms with Gasteiger partial charge in [0.1, 0.15) is 6.17 Å². The molecule has 1 aromatic heterocycles. The minimum atomic E-state index is -4.40. The summed E-state index contributed by atoms with van der Waals surface area (Å²) in [5.41, 5.74) is 0.0714. The van der Waals surface area contributed by atoms with E-state index in [-0.39, 0.29) is 11.6 Å². The molecule has 0 amide bonds. The zero-order chi connectivity index (χ0) is 17.0. The van der Waals surface area contributed by atoms with Gasteiger partial charge in [0.2, 0.25) is 0 Å². The first-order chi connectivity index (χ1) is 10.8. The molecular weight excluding hydrogens is 308 g/mol. The van der Waals surface area contributed by atoms with Crippen molar-refractivity contribution < 1.29 is 17.6 Å². The van der Waals surface area contributed by atoms with Gasteiger partial charge in [0.15, 0.2) is 0 Å². The molecule has 6 heteroatoms. The molecule has 130 valence electrons. The van der Waals surface area contributed by atoms with Gasteiger partial charge in [-0.1, -0.05) is 13.8 Å². The third-order valence-electron chi connectivity index (χ3n) is 4.58. The molecule has 2 heterocycles. The van der Waals surface area contributed by atoms with Gasteiger partial charge in [-0.3, -0.25) is 9.88 Å². The Morgan fingerprint density at radius 1 is 1.22 bits per heavy atom. The quantitative estimate of drug-likeness (QED) is 0.710. The normalized spacial score (nSPS) is 17.9. The van der Waals surface area contributed by atoms with Crippen molar-refractivity contribution in [2.45, 2.75) is 64.3 Å². The molecule has 0 radical (unpaired) electrons. The van der Waals surface area contributed by atoms with E-state index in [0.29, 0.717) is 50.9 Å². The monoisotopic (exact) mass is 332 g/mol. The molecule has 0 N–H and O–H groups in total. The molecule has 2 rings (SSSR count). The van der Waals surface area contributed by atoms with Crippen molar-refractivity contribution in [2.24, 2.45) is 0 Å². The molecular formula is C17H24F4N2. The number of hydrogen-bond donors (Lipinski definition) is 0. The Kier molecular flexibility index (Phi) is 6.00. The highest BCUT2D eigenvalue weighted by Gasteiger charge is 2.36. The maximum absolute atomic E-state index is 13.4. The molecule has 0 aromatic carbocycles. The summed E-state index contributed by atoms with van der Waals surface area (Å²) in [7, 11) is 0. The van der Waals surface area contributed by atoms with E-state index < -0.39 is 17.9 Å². The fraction of sp³-hybridized carbons (Fsp3) is 0.706. The Morgan fingerprint density at radius 3 is 2.35 bits per heavy atom. The minimum Gasteiger partial charge on any atom is -0.299 e.